The molecule has 0 heterocycles. The van der Waals surface area contributed by atoms with Gasteiger partial charge in [-0.15, -0.1) is 0 Å². The number of hydrogen-bond acceptors (Lipinski definition) is 2. The highest BCUT2D eigenvalue weighted by Gasteiger charge is 2.23. The third-order valence-electron chi connectivity index (χ3n) is 8.59. The van der Waals surface area contributed by atoms with E-state index in [4.69, 9.17) is 0 Å². The van der Waals surface area contributed by atoms with Crippen molar-refractivity contribution in [1.82, 2.24) is 0 Å². The number of aliphatic hydroxyl groups is 1. The van der Waals surface area contributed by atoms with Crippen LogP contribution in [-0.2, 0) is 4.79 Å². The van der Waals surface area contributed by atoms with E-state index in [0.717, 1.165) is 23.0 Å². The lowest BCUT2D eigenvalue weighted by Gasteiger charge is -2.29. The van der Waals surface area contributed by atoms with Crippen LogP contribution >= 0.6 is 0 Å². The summed E-state index contributed by atoms with van der Waals surface area (Å²) in [5.41, 5.74) is 3.17. The molecule has 0 aromatic carbocycles. The Hall–Kier alpha value is -1.15. The van der Waals surface area contributed by atoms with Gasteiger partial charge in [-0.3, -0.25) is 4.79 Å². The molecule has 0 fully saturated rings. The van der Waals surface area contributed by atoms with Crippen LogP contribution in [-0.4, -0.2) is 17.0 Å². The average molecular weight is 475 g/mol. The Morgan fingerprint density at radius 2 is 1.24 bits per heavy atom. The number of allylic oxidation sites excluding steroid dienone is 4. The van der Waals surface area contributed by atoms with Gasteiger partial charge in [0.15, 0.2) is 5.78 Å². The molecule has 0 aliphatic carbocycles. The van der Waals surface area contributed by atoms with Crippen molar-refractivity contribution in [1.29, 1.82) is 0 Å². The molecular weight excluding hydrogens is 416 g/mol. The monoisotopic (exact) mass is 474 g/mol. The third kappa shape index (κ3) is 11.5. The largest absolute Gasteiger partial charge is 0.388 e. The van der Waals surface area contributed by atoms with Crippen molar-refractivity contribution in [3.8, 4) is 0 Å². The van der Waals surface area contributed by atoms with E-state index in [1.165, 1.54) is 24.8 Å². The number of ketones is 1. The summed E-state index contributed by atoms with van der Waals surface area (Å²) in [4.78, 5) is 11.6. The van der Waals surface area contributed by atoms with Crippen molar-refractivity contribution >= 4 is 5.78 Å². The van der Waals surface area contributed by atoms with E-state index in [0.29, 0.717) is 23.7 Å². The van der Waals surface area contributed by atoms with Gasteiger partial charge in [0.2, 0.25) is 0 Å². The van der Waals surface area contributed by atoms with Crippen molar-refractivity contribution in [3.63, 3.8) is 0 Å². The van der Waals surface area contributed by atoms with Crippen LogP contribution in [0.3, 0.4) is 0 Å². The molecule has 0 aliphatic heterocycles. The zero-order valence-corrected chi connectivity index (χ0v) is 24.9. The summed E-state index contributed by atoms with van der Waals surface area (Å²) in [5, 5.41) is 11.0. The number of hydrogen-bond donors (Lipinski definition) is 1. The Balaban J connectivity index is 5.16. The number of rotatable bonds is 15. The number of carbonyl (C=O) groups excluding carboxylic acids is 1. The Morgan fingerprint density at radius 3 is 1.74 bits per heavy atom. The summed E-state index contributed by atoms with van der Waals surface area (Å²) in [6, 6.07) is 0. The highest BCUT2D eigenvalue weighted by Crippen LogP contribution is 2.31. The van der Waals surface area contributed by atoms with Gasteiger partial charge in [0.1, 0.15) is 0 Å². The number of carbonyl (C=O) groups is 1. The maximum atomic E-state index is 11.6. The normalized spacial score (nSPS) is 21.8. The van der Waals surface area contributed by atoms with Crippen LogP contribution in [0.5, 0.6) is 0 Å². The molecule has 0 saturated heterocycles. The fourth-order valence-electron chi connectivity index (χ4n) is 5.13. The fourth-order valence-corrected chi connectivity index (χ4v) is 5.13. The Morgan fingerprint density at radius 1 is 0.706 bits per heavy atom. The van der Waals surface area contributed by atoms with E-state index < -0.39 is 6.10 Å². The van der Waals surface area contributed by atoms with Gasteiger partial charge in [0.25, 0.3) is 0 Å². The Kier molecular flexibility index (Phi) is 15.2. The van der Waals surface area contributed by atoms with Crippen LogP contribution in [0.15, 0.2) is 34.9 Å². The number of aliphatic hydroxyl groups excluding tert-OH is 1. The van der Waals surface area contributed by atoms with Gasteiger partial charge in [-0.25, -0.2) is 0 Å². The molecule has 1 N–H and O–H groups in total. The molecule has 0 aromatic rings. The van der Waals surface area contributed by atoms with E-state index in [1.807, 2.05) is 6.92 Å². The molecule has 198 valence electrons. The van der Waals surface area contributed by atoms with Crippen LogP contribution in [0.4, 0.5) is 0 Å². The summed E-state index contributed by atoms with van der Waals surface area (Å²) < 4.78 is 0. The van der Waals surface area contributed by atoms with Crippen LogP contribution in [0.1, 0.15) is 109 Å². The number of Topliss-reactive ketones (excluding diaryl/α,β-unsaturated/α-hetero) is 1. The van der Waals surface area contributed by atoms with E-state index in [2.05, 4.69) is 94.4 Å². The lowest BCUT2D eigenvalue weighted by Crippen LogP contribution is -2.22. The zero-order chi connectivity index (χ0) is 26.7. The quantitative estimate of drug-likeness (QED) is 0.190. The van der Waals surface area contributed by atoms with Crippen LogP contribution in [0.25, 0.3) is 0 Å². The molecule has 0 rings (SSSR count). The molecule has 9 atom stereocenters. The van der Waals surface area contributed by atoms with Gasteiger partial charge in [-0.2, -0.15) is 0 Å². The molecule has 0 aliphatic rings. The van der Waals surface area contributed by atoms with E-state index >= 15 is 0 Å². The molecule has 34 heavy (non-hydrogen) atoms. The first-order chi connectivity index (χ1) is 15.6. The summed E-state index contributed by atoms with van der Waals surface area (Å²) in [7, 11) is 0. The maximum Gasteiger partial charge on any atom is 0.155 e. The molecule has 0 spiro atoms. The lowest BCUT2D eigenvalue weighted by atomic mass is 9.77. The molecule has 0 radical (unpaired) electrons. The lowest BCUT2D eigenvalue weighted by molar-refractivity contribution is -0.113. The average Bonchev–Trinajstić information content (AvgIpc) is 2.76. The minimum absolute atomic E-state index is 0.0549. The SMILES string of the molecule is CCC(C)CC(C)CC(C)C(C)C(C)/C=C(\C)C(O)C(C)/C=C(\C)C(C)C(C)/C=C(\C)C(C)=O. The van der Waals surface area contributed by atoms with E-state index in [9.17, 15) is 9.90 Å². The molecule has 0 amide bonds. The topological polar surface area (TPSA) is 37.3 Å². The van der Waals surface area contributed by atoms with Crippen molar-refractivity contribution in [2.45, 2.75) is 115 Å². The minimum Gasteiger partial charge on any atom is -0.388 e. The van der Waals surface area contributed by atoms with Crippen LogP contribution in [0, 0.1) is 47.3 Å². The predicted molar refractivity (Wildman–Crippen MR) is 151 cm³/mol. The smallest absolute Gasteiger partial charge is 0.155 e. The second-order valence-corrected chi connectivity index (χ2v) is 12.0. The minimum atomic E-state index is -0.471. The van der Waals surface area contributed by atoms with Crippen molar-refractivity contribution in [2.24, 2.45) is 47.3 Å². The molecule has 0 saturated carbocycles. The summed E-state index contributed by atoms with van der Waals surface area (Å²) in [6.07, 6.45) is 9.98. The first-order valence-electron chi connectivity index (χ1n) is 13.9. The van der Waals surface area contributed by atoms with Crippen molar-refractivity contribution in [3.05, 3.63) is 34.9 Å². The summed E-state index contributed by atoms with van der Waals surface area (Å²) in [5.74, 6) is 4.07. The van der Waals surface area contributed by atoms with Gasteiger partial charge < -0.3 is 5.11 Å². The van der Waals surface area contributed by atoms with E-state index in [-0.39, 0.29) is 17.6 Å². The van der Waals surface area contributed by atoms with Gasteiger partial charge in [-0.1, -0.05) is 92.5 Å². The van der Waals surface area contributed by atoms with Crippen molar-refractivity contribution in [2.75, 3.05) is 0 Å². The van der Waals surface area contributed by atoms with Crippen LogP contribution in [0.2, 0.25) is 0 Å². The fraction of sp³-hybridized carbons (Fsp3) is 0.781. The second-order valence-electron chi connectivity index (χ2n) is 12.0. The first-order valence-corrected chi connectivity index (χ1v) is 13.9. The summed E-state index contributed by atoms with van der Waals surface area (Å²) in [6.45, 7) is 28.3. The van der Waals surface area contributed by atoms with Gasteiger partial charge in [-0.05, 0) is 93.1 Å². The third-order valence-corrected chi connectivity index (χ3v) is 8.59. The maximum absolute atomic E-state index is 11.6. The zero-order valence-electron chi connectivity index (χ0n) is 24.9. The highest BCUT2D eigenvalue weighted by molar-refractivity contribution is 5.92. The standard InChI is InChI=1S/C32H58O2/c1-14-20(2)15-21(3)16-22(4)29(11)24(6)18-27(9)32(34)28(10)19-25(7)30(12)23(5)17-26(8)31(13)33/h17-24,28-30,32,34H,14-16H2,1-13H3/b25-19+,26-17+,27-18+. The van der Waals surface area contributed by atoms with Gasteiger partial charge in [0.05, 0.1) is 6.10 Å². The highest BCUT2D eigenvalue weighted by atomic mass is 16.3. The molecule has 2 heteroatoms. The Labute approximate surface area is 213 Å². The van der Waals surface area contributed by atoms with Crippen molar-refractivity contribution < 1.29 is 9.90 Å². The molecular formula is C32H58O2. The Bertz CT molecular complexity index is 698. The van der Waals surface area contributed by atoms with Gasteiger partial charge >= 0.3 is 0 Å². The molecule has 9 unspecified atom stereocenters. The van der Waals surface area contributed by atoms with Crippen LogP contribution < -0.4 is 0 Å². The molecule has 0 bridgehead atoms. The second kappa shape index (κ2) is 15.8. The first kappa shape index (κ1) is 32.8. The summed E-state index contributed by atoms with van der Waals surface area (Å²) >= 11 is 0. The molecule has 2 nitrogen and oxygen atoms in total. The van der Waals surface area contributed by atoms with E-state index in [1.54, 1.807) is 6.92 Å². The predicted octanol–water partition coefficient (Wildman–Crippen LogP) is 9.05. The molecule has 0 aromatic heterocycles. The van der Waals surface area contributed by atoms with Gasteiger partial charge in [0, 0.05) is 5.92 Å².